The highest BCUT2D eigenvalue weighted by atomic mass is 19.3. The number of nitrogens with zero attached hydrogens (tertiary/aromatic N) is 6. The molecule has 3 saturated heterocycles. The number of carbonyl (C=O) groups excluding carboxylic acids is 6. The lowest BCUT2D eigenvalue weighted by molar-refractivity contribution is -0.137. The summed E-state index contributed by atoms with van der Waals surface area (Å²) in [5, 5.41) is 18.7. The number of carbonyl (C=O) groups is 6. The van der Waals surface area contributed by atoms with Gasteiger partial charge in [-0.3, -0.25) is 54.3 Å². The molecule has 0 saturated carbocycles. The van der Waals surface area contributed by atoms with E-state index in [1.165, 1.54) is 25.4 Å². The Balaban J connectivity index is 0.855. The summed E-state index contributed by atoms with van der Waals surface area (Å²) >= 11 is 0. The number of nitrogens with two attached hydrogens (primary N) is 1. The van der Waals surface area contributed by atoms with Crippen molar-refractivity contribution in [3.8, 4) is 0 Å². The van der Waals surface area contributed by atoms with Gasteiger partial charge >= 0.3 is 0 Å². The SMILES string of the molecule is CN=CC(=CN)c1cc2c(cc1C(F)F)N(C(=N)C1=C(NC3CCN(C(=O)CN4CCOC(CCNc5cccc6c5C(=O)N(C5CCC(=O)NC5=O)C6=O)C4)CC3)CCN(C(C)=O)C1)CCC2. The lowest BCUT2D eigenvalue weighted by Crippen LogP contribution is -2.54. The number of likely N-dealkylation sites (tertiary alicyclic amines) is 1. The largest absolute Gasteiger partial charge is 0.404 e. The van der Waals surface area contributed by atoms with E-state index in [2.05, 4.69) is 25.8 Å². The van der Waals surface area contributed by atoms with Crippen molar-refractivity contribution in [1.82, 2.24) is 30.2 Å². The van der Waals surface area contributed by atoms with Gasteiger partial charge in [0.15, 0.2) is 0 Å². The van der Waals surface area contributed by atoms with Crippen molar-refractivity contribution in [3.63, 3.8) is 0 Å². The predicted molar refractivity (Wildman–Crippen MR) is 250 cm³/mol. The second-order valence-electron chi connectivity index (χ2n) is 18.0. The number of imide groups is 2. The molecule has 0 bridgehead atoms. The Morgan fingerprint density at radius 3 is 2.53 bits per heavy atom. The monoisotopic (exact) mass is 939 g/mol. The van der Waals surface area contributed by atoms with E-state index in [0.717, 1.165) is 16.2 Å². The van der Waals surface area contributed by atoms with Crippen molar-refractivity contribution in [2.24, 2.45) is 10.7 Å². The molecule has 0 aromatic heterocycles. The van der Waals surface area contributed by atoms with Crippen LogP contribution >= 0.6 is 0 Å². The highest BCUT2D eigenvalue weighted by Gasteiger charge is 2.46. The fraction of sp³-hybridized carbons (Fsp3) is 0.500. The third-order valence-corrected chi connectivity index (χ3v) is 13.8. The van der Waals surface area contributed by atoms with Crippen molar-refractivity contribution in [2.75, 3.05) is 82.8 Å². The Morgan fingerprint density at radius 1 is 1.01 bits per heavy atom. The Hall–Kier alpha value is -6.54. The number of amidine groups is 1. The number of halogens is 2. The normalized spacial score (nSPS) is 22.0. The first-order valence-electron chi connectivity index (χ1n) is 23.4. The number of rotatable bonds is 13. The van der Waals surface area contributed by atoms with E-state index in [0.29, 0.717) is 119 Å². The van der Waals surface area contributed by atoms with Gasteiger partial charge in [0.25, 0.3) is 18.2 Å². The molecule has 0 spiro atoms. The molecule has 18 nitrogen and oxygen atoms in total. The van der Waals surface area contributed by atoms with Gasteiger partial charge in [-0.25, -0.2) is 8.78 Å². The number of morpholine rings is 1. The molecule has 2 atom stereocenters. The topological polar surface area (TPSA) is 226 Å². The average molecular weight is 940 g/mol. The van der Waals surface area contributed by atoms with Crippen molar-refractivity contribution in [2.45, 2.75) is 82.9 Å². The van der Waals surface area contributed by atoms with Crippen molar-refractivity contribution >= 4 is 64.4 Å². The van der Waals surface area contributed by atoms with Crippen molar-refractivity contribution < 1.29 is 42.3 Å². The number of amides is 6. The van der Waals surface area contributed by atoms with Gasteiger partial charge in [0.1, 0.15) is 11.9 Å². The van der Waals surface area contributed by atoms with Crippen LogP contribution < -0.4 is 26.6 Å². The number of nitrogens with one attached hydrogen (secondary N) is 4. The minimum atomic E-state index is -2.79. The van der Waals surface area contributed by atoms with Gasteiger partial charge in [-0.2, -0.15) is 0 Å². The quantitative estimate of drug-likeness (QED) is 0.111. The minimum absolute atomic E-state index is 0.0177. The number of ether oxygens (including phenoxy) is 1. The second-order valence-corrected chi connectivity index (χ2v) is 18.0. The molecule has 68 heavy (non-hydrogen) atoms. The van der Waals surface area contributed by atoms with Crippen LogP contribution in [0, 0.1) is 5.41 Å². The number of anilines is 2. The highest BCUT2D eigenvalue weighted by Crippen LogP contribution is 2.38. The van der Waals surface area contributed by atoms with E-state index >= 15 is 0 Å². The summed E-state index contributed by atoms with van der Waals surface area (Å²) in [6.45, 7) is 5.96. The van der Waals surface area contributed by atoms with Gasteiger partial charge in [-0.15, -0.1) is 0 Å². The number of fused-ring (bicyclic) bond motifs is 2. The van der Waals surface area contributed by atoms with Gasteiger partial charge in [0.2, 0.25) is 23.6 Å². The molecule has 2 aromatic rings. The number of alkyl halides is 2. The third-order valence-electron chi connectivity index (χ3n) is 13.8. The highest BCUT2D eigenvalue weighted by molar-refractivity contribution is 6.25. The molecule has 6 aliphatic heterocycles. The van der Waals surface area contributed by atoms with Crippen LogP contribution in [0.25, 0.3) is 5.57 Å². The maximum Gasteiger partial charge on any atom is 0.264 e. The second kappa shape index (κ2) is 20.8. The number of hydrogen-bond donors (Lipinski definition) is 5. The number of benzene rings is 2. The summed E-state index contributed by atoms with van der Waals surface area (Å²) in [4.78, 5) is 89.7. The Morgan fingerprint density at radius 2 is 1.81 bits per heavy atom. The van der Waals surface area contributed by atoms with E-state index in [1.807, 2.05) is 4.90 Å². The van der Waals surface area contributed by atoms with Crippen LogP contribution in [0.15, 0.2) is 52.8 Å². The standard InChI is InChI=1S/C48H59F2N11O7/c1-28(62)59-18-13-37(36(26-59)45(52)60-15-4-5-29-21-34(30(23-51)24-53-2)35(44(49)50)22-40(29)60)55-31-11-16-58(17-12-31)42(64)27-57-19-20-68-32(25-57)10-14-54-38-7-3-6-33-43(38)48(67)61(47(33)66)39-8-9-41(63)56-46(39)65/h3,6-7,21-24,31-32,39,44,52,54-55H,4-5,8-20,25-27,51H2,1-2H3,(H,56,63,65). The molecule has 6 aliphatic rings. The first-order valence-corrected chi connectivity index (χ1v) is 23.4. The summed E-state index contributed by atoms with van der Waals surface area (Å²) in [6.07, 6.45) is 3.62. The molecule has 6 N–H and O–H groups in total. The maximum atomic E-state index is 14.6. The molecule has 2 unspecified atom stereocenters. The zero-order chi connectivity index (χ0) is 48.2. The fourth-order valence-corrected chi connectivity index (χ4v) is 10.2. The molecule has 362 valence electrons. The first kappa shape index (κ1) is 47.9. The molecular weight excluding hydrogens is 881 g/mol. The molecule has 20 heteroatoms. The van der Waals surface area contributed by atoms with Crippen LogP contribution in [-0.2, 0) is 30.3 Å². The smallest absolute Gasteiger partial charge is 0.264 e. The Bertz CT molecular complexity index is 2470. The molecule has 2 aromatic carbocycles. The molecule has 6 amide bonds. The van der Waals surface area contributed by atoms with Crippen LogP contribution in [0.4, 0.5) is 20.2 Å². The summed E-state index contributed by atoms with van der Waals surface area (Å²) in [5.74, 6) is -2.18. The summed E-state index contributed by atoms with van der Waals surface area (Å²) < 4.78 is 35.2. The average Bonchev–Trinajstić information content (AvgIpc) is 3.58. The van der Waals surface area contributed by atoms with Gasteiger partial charge < -0.3 is 35.8 Å². The number of piperidine rings is 2. The van der Waals surface area contributed by atoms with E-state index in [4.69, 9.17) is 10.5 Å². The van der Waals surface area contributed by atoms with Gasteiger partial charge in [-0.1, -0.05) is 6.07 Å². The fourth-order valence-electron chi connectivity index (χ4n) is 10.2. The van der Waals surface area contributed by atoms with Crippen LogP contribution in [0.3, 0.4) is 0 Å². The molecule has 3 fully saturated rings. The molecule has 0 radical (unpaired) electrons. The third kappa shape index (κ3) is 10.0. The Kier molecular flexibility index (Phi) is 14.6. The zero-order valence-electron chi connectivity index (χ0n) is 38.5. The minimum Gasteiger partial charge on any atom is -0.404 e. The molecular formula is C48H59F2N11O7. The molecule has 0 aliphatic carbocycles. The lowest BCUT2D eigenvalue weighted by Gasteiger charge is -2.39. The molecule has 8 rings (SSSR count). The van der Waals surface area contributed by atoms with Gasteiger partial charge in [-0.05, 0) is 73.9 Å². The number of aliphatic imine (C=N–C) groups is 1. The van der Waals surface area contributed by atoms with Crippen LogP contribution in [0.1, 0.15) is 95.7 Å². The van der Waals surface area contributed by atoms with Crippen LogP contribution in [0.5, 0.6) is 0 Å². The van der Waals surface area contributed by atoms with Crippen molar-refractivity contribution in [1.29, 1.82) is 5.41 Å². The predicted octanol–water partition coefficient (Wildman–Crippen LogP) is 3.05. The zero-order valence-corrected chi connectivity index (χ0v) is 38.5. The van der Waals surface area contributed by atoms with Gasteiger partial charge in [0, 0.05) is 125 Å². The maximum absolute atomic E-state index is 14.6. The van der Waals surface area contributed by atoms with E-state index < -0.39 is 36.1 Å². The van der Waals surface area contributed by atoms with E-state index in [1.54, 1.807) is 41.1 Å². The van der Waals surface area contributed by atoms with Crippen LogP contribution in [0.2, 0.25) is 0 Å². The Labute approximate surface area is 393 Å². The van der Waals surface area contributed by atoms with E-state index in [-0.39, 0.29) is 72.4 Å². The summed E-state index contributed by atoms with van der Waals surface area (Å²) in [7, 11) is 1.55. The number of hydrogen-bond acceptors (Lipinski definition) is 13. The first-order chi connectivity index (χ1) is 32.8. The van der Waals surface area contributed by atoms with E-state index in [9.17, 15) is 43.0 Å². The lowest BCUT2D eigenvalue weighted by atomic mass is 9.91. The van der Waals surface area contributed by atoms with Crippen LogP contribution in [-0.4, -0.2) is 158 Å². The molecule has 6 heterocycles. The number of aryl methyl sites for hydroxylation is 1. The number of allylic oxidation sites excluding steroid dienone is 1. The van der Waals surface area contributed by atoms with Gasteiger partial charge in [0.05, 0.1) is 36.9 Å². The summed E-state index contributed by atoms with van der Waals surface area (Å²) in [5.41, 5.74) is 10.0. The summed E-state index contributed by atoms with van der Waals surface area (Å²) in [6, 6.07) is 7.09. The van der Waals surface area contributed by atoms with Crippen molar-refractivity contribution in [3.05, 3.63) is 75.6 Å².